The first-order valence-electron chi connectivity index (χ1n) is 10.2. The van der Waals surface area contributed by atoms with E-state index in [1.54, 1.807) is 11.1 Å². The molecule has 0 spiro atoms. The number of fused-ring (bicyclic) bond motifs is 1. The van der Waals surface area contributed by atoms with Crippen molar-refractivity contribution in [3.63, 3.8) is 0 Å². The molecule has 0 saturated carbocycles. The fourth-order valence-corrected chi connectivity index (χ4v) is 3.88. The Balaban J connectivity index is 0.00000196. The number of benzene rings is 2. The molecule has 0 fully saturated rings. The van der Waals surface area contributed by atoms with Crippen LogP contribution in [0, 0.1) is 13.8 Å². The Hall–Kier alpha value is -2.02. The molecule has 0 aromatic heterocycles. The molecule has 2 aromatic carbocycles. The summed E-state index contributed by atoms with van der Waals surface area (Å²) in [5.74, 6) is 0. The summed E-state index contributed by atoms with van der Waals surface area (Å²) in [5.41, 5.74) is 10.00. The van der Waals surface area contributed by atoms with E-state index in [4.69, 9.17) is 0 Å². The minimum Gasteiger partial charge on any atom is -0.388 e. The van der Waals surface area contributed by atoms with Crippen LogP contribution in [0.25, 0.3) is 0 Å². The standard InChI is InChI=1S/C25H33N.2H2/c1-19-11-12-23(17-20(19)2)15-16-26-21(3)7-6-8-22-13-14-24-9-4-5-10-25(24)18-22;;/h11-14,17-18,26H,3-10,15-16H2,1-2H3;2*1H. The molecule has 26 heavy (non-hydrogen) atoms. The van der Waals surface area contributed by atoms with Gasteiger partial charge < -0.3 is 5.32 Å². The molecule has 0 aliphatic heterocycles. The summed E-state index contributed by atoms with van der Waals surface area (Å²) < 4.78 is 0. The van der Waals surface area contributed by atoms with Crippen LogP contribution in [-0.2, 0) is 25.7 Å². The number of nitrogens with one attached hydrogen (secondary N) is 1. The number of allylic oxidation sites excluding steroid dienone is 1. The van der Waals surface area contributed by atoms with Gasteiger partial charge in [-0.25, -0.2) is 0 Å². The van der Waals surface area contributed by atoms with Gasteiger partial charge in [-0.3, -0.25) is 0 Å². The molecule has 0 bridgehead atoms. The zero-order chi connectivity index (χ0) is 18.4. The Morgan fingerprint density at radius 1 is 0.923 bits per heavy atom. The minimum atomic E-state index is 0. The molecule has 0 heterocycles. The first-order valence-corrected chi connectivity index (χ1v) is 10.2. The van der Waals surface area contributed by atoms with Crippen LogP contribution in [0.2, 0.25) is 0 Å². The van der Waals surface area contributed by atoms with E-state index in [-0.39, 0.29) is 2.85 Å². The van der Waals surface area contributed by atoms with Crippen LogP contribution in [0.1, 0.15) is 61.9 Å². The van der Waals surface area contributed by atoms with E-state index >= 15 is 0 Å². The van der Waals surface area contributed by atoms with E-state index in [1.807, 2.05) is 0 Å². The summed E-state index contributed by atoms with van der Waals surface area (Å²) in [5, 5.41) is 3.51. The molecule has 0 unspecified atom stereocenters. The lowest BCUT2D eigenvalue weighted by atomic mass is 9.89. The third kappa shape index (κ3) is 5.24. The zero-order valence-electron chi connectivity index (χ0n) is 16.5. The maximum atomic E-state index is 4.21. The van der Waals surface area contributed by atoms with Gasteiger partial charge in [0.05, 0.1) is 0 Å². The van der Waals surface area contributed by atoms with Crippen molar-refractivity contribution in [2.24, 2.45) is 0 Å². The highest BCUT2D eigenvalue weighted by molar-refractivity contribution is 5.34. The number of hydrogen-bond donors (Lipinski definition) is 1. The van der Waals surface area contributed by atoms with Gasteiger partial charge in [0.15, 0.2) is 0 Å². The van der Waals surface area contributed by atoms with Gasteiger partial charge in [0.2, 0.25) is 0 Å². The second-order valence-electron chi connectivity index (χ2n) is 7.86. The van der Waals surface area contributed by atoms with Gasteiger partial charge >= 0.3 is 0 Å². The van der Waals surface area contributed by atoms with E-state index in [0.29, 0.717) is 0 Å². The monoisotopic (exact) mass is 351 g/mol. The largest absolute Gasteiger partial charge is 0.388 e. The SMILES string of the molecule is C=C(CCCc1ccc2c(c1)CCCC2)NCCc1ccc(C)c(C)c1.[HH].[HH]. The fraction of sp³-hybridized carbons (Fsp3) is 0.440. The third-order valence-corrected chi connectivity index (χ3v) is 5.72. The van der Waals surface area contributed by atoms with Gasteiger partial charge in [-0.1, -0.05) is 43.0 Å². The quantitative estimate of drug-likeness (QED) is 0.585. The molecule has 1 N–H and O–H groups in total. The molecule has 1 heteroatoms. The summed E-state index contributed by atoms with van der Waals surface area (Å²) in [7, 11) is 0. The summed E-state index contributed by atoms with van der Waals surface area (Å²) in [4.78, 5) is 0. The lowest BCUT2D eigenvalue weighted by molar-refractivity contribution is 0.681. The van der Waals surface area contributed by atoms with Crippen LogP contribution in [-0.4, -0.2) is 6.54 Å². The van der Waals surface area contributed by atoms with Crippen LogP contribution < -0.4 is 5.32 Å². The minimum absolute atomic E-state index is 0. The van der Waals surface area contributed by atoms with Gasteiger partial charge in [0.25, 0.3) is 0 Å². The predicted molar refractivity (Wildman–Crippen MR) is 117 cm³/mol. The van der Waals surface area contributed by atoms with Crippen molar-refractivity contribution in [3.8, 4) is 0 Å². The highest BCUT2D eigenvalue weighted by Gasteiger charge is 2.09. The lowest BCUT2D eigenvalue weighted by Crippen LogP contribution is -2.16. The van der Waals surface area contributed by atoms with E-state index < -0.39 is 0 Å². The number of rotatable bonds is 8. The van der Waals surface area contributed by atoms with E-state index in [2.05, 4.69) is 62.1 Å². The predicted octanol–water partition coefficient (Wildman–Crippen LogP) is 6.34. The van der Waals surface area contributed by atoms with Crippen LogP contribution in [0.15, 0.2) is 48.7 Å². The van der Waals surface area contributed by atoms with Crippen LogP contribution >= 0.6 is 0 Å². The Morgan fingerprint density at radius 2 is 1.65 bits per heavy atom. The highest BCUT2D eigenvalue weighted by atomic mass is 14.9. The van der Waals surface area contributed by atoms with Crippen molar-refractivity contribution in [1.29, 1.82) is 0 Å². The van der Waals surface area contributed by atoms with Crippen LogP contribution in [0.4, 0.5) is 0 Å². The molecular formula is C25H37N. The van der Waals surface area contributed by atoms with Crippen molar-refractivity contribution in [3.05, 3.63) is 82.1 Å². The Bertz CT molecular complexity index is 767. The number of aryl methyl sites for hydroxylation is 5. The van der Waals surface area contributed by atoms with Crippen molar-refractivity contribution in [1.82, 2.24) is 5.32 Å². The normalized spacial score (nSPS) is 13.3. The molecule has 1 aliphatic rings. The van der Waals surface area contributed by atoms with E-state index in [1.165, 1.54) is 60.1 Å². The highest BCUT2D eigenvalue weighted by Crippen LogP contribution is 2.23. The van der Waals surface area contributed by atoms with Crippen molar-refractivity contribution in [2.45, 2.75) is 65.2 Å². The molecule has 1 nitrogen and oxygen atoms in total. The van der Waals surface area contributed by atoms with Crippen LogP contribution in [0.5, 0.6) is 0 Å². The second-order valence-corrected chi connectivity index (χ2v) is 7.86. The fourth-order valence-electron chi connectivity index (χ4n) is 3.88. The van der Waals surface area contributed by atoms with Crippen molar-refractivity contribution < 1.29 is 2.85 Å². The molecular weight excluding hydrogens is 314 g/mol. The molecule has 0 atom stereocenters. The second kappa shape index (κ2) is 9.07. The number of hydrogen-bond acceptors (Lipinski definition) is 1. The molecule has 142 valence electrons. The van der Waals surface area contributed by atoms with Gasteiger partial charge in [-0.05, 0) is 98.6 Å². The summed E-state index contributed by atoms with van der Waals surface area (Å²) in [6, 6.07) is 13.9. The molecule has 0 amide bonds. The van der Waals surface area contributed by atoms with Gasteiger partial charge in [0, 0.05) is 15.1 Å². The summed E-state index contributed by atoms with van der Waals surface area (Å²) in [6.45, 7) is 9.54. The zero-order valence-corrected chi connectivity index (χ0v) is 16.5. The molecule has 0 radical (unpaired) electrons. The maximum absolute atomic E-state index is 4.21. The van der Waals surface area contributed by atoms with Crippen LogP contribution in [0.3, 0.4) is 0 Å². The average molecular weight is 352 g/mol. The Labute approximate surface area is 162 Å². The third-order valence-electron chi connectivity index (χ3n) is 5.72. The summed E-state index contributed by atoms with van der Waals surface area (Å²) >= 11 is 0. The topological polar surface area (TPSA) is 12.0 Å². The first-order chi connectivity index (χ1) is 12.6. The Morgan fingerprint density at radius 3 is 2.46 bits per heavy atom. The van der Waals surface area contributed by atoms with Crippen molar-refractivity contribution >= 4 is 0 Å². The molecule has 1 aliphatic carbocycles. The smallest absolute Gasteiger partial charge is 0.0184 e. The first kappa shape index (κ1) is 18.8. The Kier molecular flexibility index (Phi) is 6.55. The molecule has 0 saturated heterocycles. The van der Waals surface area contributed by atoms with Gasteiger partial charge in [0.1, 0.15) is 0 Å². The summed E-state index contributed by atoms with van der Waals surface area (Å²) in [6.07, 6.45) is 9.72. The lowest BCUT2D eigenvalue weighted by Gasteiger charge is -2.16. The maximum Gasteiger partial charge on any atom is 0.0184 e. The van der Waals surface area contributed by atoms with Gasteiger partial charge in [-0.15, -0.1) is 0 Å². The molecule has 2 aromatic rings. The van der Waals surface area contributed by atoms with E-state index in [0.717, 1.165) is 25.8 Å². The van der Waals surface area contributed by atoms with Crippen molar-refractivity contribution in [2.75, 3.05) is 6.54 Å². The van der Waals surface area contributed by atoms with Gasteiger partial charge in [-0.2, -0.15) is 0 Å². The van der Waals surface area contributed by atoms with E-state index in [9.17, 15) is 0 Å². The average Bonchev–Trinajstić information content (AvgIpc) is 2.64. The molecule has 3 rings (SSSR count).